The highest BCUT2D eigenvalue weighted by molar-refractivity contribution is 5.92. The normalized spacial score (nSPS) is 26.0. The number of nitrogens with one attached hydrogen (secondary N) is 1. The molecule has 0 radical (unpaired) electrons. The molecule has 1 amide bonds. The number of ether oxygens (including phenoxy) is 4. The molecule has 0 spiro atoms. The molecule has 1 N–H and O–H groups in total. The molecule has 5 rings (SSSR count). The summed E-state index contributed by atoms with van der Waals surface area (Å²) in [5.41, 5.74) is 1.46. The summed E-state index contributed by atoms with van der Waals surface area (Å²) in [5.74, 6) is -0.642. The third-order valence-electron chi connectivity index (χ3n) is 6.22. The number of methoxy groups -OCH3 is 1. The van der Waals surface area contributed by atoms with Gasteiger partial charge in [0.1, 0.15) is 18.0 Å². The van der Waals surface area contributed by atoms with Gasteiger partial charge in [-0.2, -0.15) is 0 Å². The molecule has 2 atom stereocenters. The number of carbonyl (C=O) groups is 2. The molecule has 0 aromatic heterocycles. The molecule has 1 unspecified atom stereocenters. The first-order valence-electron chi connectivity index (χ1n) is 10.5. The Morgan fingerprint density at radius 2 is 1.97 bits per heavy atom. The molecular formula is C24H21F2NO6. The summed E-state index contributed by atoms with van der Waals surface area (Å²) in [5, 5.41) is 2.91. The molecule has 0 bridgehead atoms. The second-order valence-corrected chi connectivity index (χ2v) is 8.23. The summed E-state index contributed by atoms with van der Waals surface area (Å²) in [6.07, 6.45) is 4.15. The number of allylic oxidation sites excluding steroid dienone is 3. The van der Waals surface area contributed by atoms with E-state index in [0.717, 1.165) is 5.57 Å². The first kappa shape index (κ1) is 21.4. The van der Waals surface area contributed by atoms with Crippen LogP contribution >= 0.6 is 0 Å². The standard InChI is InChI=1S/C24H21F2NO6/c1-30-21(28)17-5-3-2-4-16(17)19-13-15(8-11-31-19)27-22(29)23(9-10-23)14-6-7-18-20(12-14)33-24(25,26)32-18/h2-8,11,13,19-20H,9-10,12H2,1H3,(H,27,29)/t19-,20?/m1/s1. The van der Waals surface area contributed by atoms with E-state index >= 15 is 0 Å². The van der Waals surface area contributed by atoms with Crippen molar-refractivity contribution in [1.82, 2.24) is 5.32 Å². The van der Waals surface area contributed by atoms with E-state index in [-0.39, 0.29) is 18.1 Å². The van der Waals surface area contributed by atoms with Crippen LogP contribution in [0.1, 0.15) is 41.3 Å². The molecule has 2 aliphatic carbocycles. The number of amides is 1. The Labute approximate surface area is 188 Å². The largest absolute Gasteiger partial charge is 0.535 e. The number of halogens is 2. The second-order valence-electron chi connectivity index (χ2n) is 8.23. The maximum absolute atomic E-state index is 13.4. The molecule has 7 nitrogen and oxygen atoms in total. The van der Waals surface area contributed by atoms with Gasteiger partial charge in [-0.05, 0) is 37.1 Å². The minimum absolute atomic E-state index is 0.0714. The summed E-state index contributed by atoms with van der Waals surface area (Å²) in [4.78, 5) is 25.3. The van der Waals surface area contributed by atoms with E-state index in [1.54, 1.807) is 42.5 Å². The second kappa shape index (κ2) is 7.84. The van der Waals surface area contributed by atoms with Gasteiger partial charge in [0.15, 0.2) is 0 Å². The molecule has 1 saturated carbocycles. The smallest absolute Gasteiger partial charge is 0.489 e. The summed E-state index contributed by atoms with van der Waals surface area (Å²) in [7, 11) is 1.30. The third kappa shape index (κ3) is 3.93. The molecular weight excluding hydrogens is 436 g/mol. The quantitative estimate of drug-likeness (QED) is 0.673. The maximum atomic E-state index is 13.4. The molecule has 2 heterocycles. The topological polar surface area (TPSA) is 83.1 Å². The summed E-state index contributed by atoms with van der Waals surface area (Å²) in [6, 6.07) is 6.91. The van der Waals surface area contributed by atoms with Gasteiger partial charge in [-0.15, -0.1) is 8.78 Å². The van der Waals surface area contributed by atoms with Crippen molar-refractivity contribution in [3.05, 3.63) is 83.0 Å². The van der Waals surface area contributed by atoms with Crippen molar-refractivity contribution < 1.29 is 37.3 Å². The fourth-order valence-electron chi connectivity index (χ4n) is 4.35. The van der Waals surface area contributed by atoms with E-state index in [4.69, 9.17) is 9.47 Å². The van der Waals surface area contributed by atoms with E-state index in [0.29, 0.717) is 29.7 Å². The average molecular weight is 457 g/mol. The predicted octanol–water partition coefficient (Wildman–Crippen LogP) is 4.02. The van der Waals surface area contributed by atoms with Gasteiger partial charge in [0.25, 0.3) is 0 Å². The van der Waals surface area contributed by atoms with Gasteiger partial charge in [0.2, 0.25) is 5.91 Å². The number of carbonyl (C=O) groups excluding carboxylic acids is 2. The molecule has 2 fully saturated rings. The Kier molecular flexibility index (Phi) is 5.08. The first-order valence-corrected chi connectivity index (χ1v) is 10.5. The fraction of sp³-hybridized carbons (Fsp3) is 0.333. The number of benzene rings is 1. The number of fused-ring (bicyclic) bond motifs is 1. The van der Waals surface area contributed by atoms with Crippen LogP contribution in [0.5, 0.6) is 0 Å². The van der Waals surface area contributed by atoms with Crippen molar-refractivity contribution in [3.8, 4) is 0 Å². The van der Waals surface area contributed by atoms with E-state index in [1.807, 2.05) is 0 Å². The van der Waals surface area contributed by atoms with Gasteiger partial charge >= 0.3 is 12.3 Å². The zero-order valence-electron chi connectivity index (χ0n) is 17.7. The fourth-order valence-corrected chi connectivity index (χ4v) is 4.35. The van der Waals surface area contributed by atoms with Crippen molar-refractivity contribution in [2.24, 2.45) is 5.41 Å². The average Bonchev–Trinajstić information content (AvgIpc) is 3.56. The van der Waals surface area contributed by atoms with Crippen LogP contribution in [0.3, 0.4) is 0 Å². The van der Waals surface area contributed by atoms with Crippen LogP contribution < -0.4 is 5.32 Å². The predicted molar refractivity (Wildman–Crippen MR) is 110 cm³/mol. The van der Waals surface area contributed by atoms with Crippen LogP contribution in [0.4, 0.5) is 8.78 Å². The Morgan fingerprint density at radius 1 is 1.18 bits per heavy atom. The zero-order chi connectivity index (χ0) is 23.2. The first-order chi connectivity index (χ1) is 15.8. The van der Waals surface area contributed by atoms with Crippen LogP contribution in [0.25, 0.3) is 0 Å². The van der Waals surface area contributed by atoms with Gasteiger partial charge in [-0.25, -0.2) is 4.79 Å². The number of rotatable bonds is 5. The van der Waals surface area contributed by atoms with Gasteiger partial charge in [-0.1, -0.05) is 29.8 Å². The number of esters is 1. The Bertz CT molecular complexity index is 1130. The highest BCUT2D eigenvalue weighted by Crippen LogP contribution is 2.56. The lowest BCUT2D eigenvalue weighted by molar-refractivity contribution is -0.341. The monoisotopic (exact) mass is 457 g/mol. The molecule has 4 aliphatic rings. The van der Waals surface area contributed by atoms with Crippen molar-refractivity contribution in [3.63, 3.8) is 0 Å². The minimum atomic E-state index is -3.65. The third-order valence-corrected chi connectivity index (χ3v) is 6.22. The summed E-state index contributed by atoms with van der Waals surface area (Å²) in [6.45, 7) is 0. The van der Waals surface area contributed by atoms with Gasteiger partial charge in [-0.3, -0.25) is 9.53 Å². The minimum Gasteiger partial charge on any atom is -0.489 e. The SMILES string of the molecule is COC(=O)c1ccccc1[C@H]1C=C(NC(=O)C2(C3=CC=C4OC(F)(F)OC4C3)CC2)C=CO1. The Morgan fingerprint density at radius 3 is 2.73 bits per heavy atom. The molecule has 1 aromatic carbocycles. The van der Waals surface area contributed by atoms with Crippen LogP contribution in [-0.2, 0) is 23.7 Å². The number of hydrogen-bond acceptors (Lipinski definition) is 6. The van der Waals surface area contributed by atoms with E-state index in [1.165, 1.54) is 19.4 Å². The summed E-state index contributed by atoms with van der Waals surface area (Å²) < 4.78 is 46.4. The van der Waals surface area contributed by atoms with Gasteiger partial charge < -0.3 is 19.5 Å². The van der Waals surface area contributed by atoms with E-state index in [9.17, 15) is 18.4 Å². The van der Waals surface area contributed by atoms with Crippen LogP contribution in [0.15, 0.2) is 71.9 Å². The van der Waals surface area contributed by atoms with Crippen molar-refractivity contribution >= 4 is 11.9 Å². The molecule has 1 saturated heterocycles. The lowest BCUT2D eigenvalue weighted by Crippen LogP contribution is -2.34. The molecule has 9 heteroatoms. The van der Waals surface area contributed by atoms with Crippen LogP contribution in [0.2, 0.25) is 0 Å². The Balaban J connectivity index is 1.32. The van der Waals surface area contributed by atoms with Crippen molar-refractivity contribution in [2.45, 2.75) is 37.8 Å². The van der Waals surface area contributed by atoms with E-state index in [2.05, 4.69) is 14.8 Å². The highest BCUT2D eigenvalue weighted by atomic mass is 19.3. The highest BCUT2D eigenvalue weighted by Gasteiger charge is 2.56. The van der Waals surface area contributed by atoms with Gasteiger partial charge in [0.05, 0.1) is 24.4 Å². The molecule has 2 aliphatic heterocycles. The van der Waals surface area contributed by atoms with Crippen LogP contribution in [-0.4, -0.2) is 31.4 Å². The van der Waals surface area contributed by atoms with Crippen molar-refractivity contribution in [1.29, 1.82) is 0 Å². The van der Waals surface area contributed by atoms with Gasteiger partial charge in [0, 0.05) is 17.7 Å². The zero-order valence-corrected chi connectivity index (χ0v) is 17.7. The summed E-state index contributed by atoms with van der Waals surface area (Å²) >= 11 is 0. The molecule has 172 valence electrons. The lowest BCUT2D eigenvalue weighted by atomic mass is 9.86. The van der Waals surface area contributed by atoms with Crippen molar-refractivity contribution in [2.75, 3.05) is 7.11 Å². The lowest BCUT2D eigenvalue weighted by Gasteiger charge is -2.25. The Hall–Kier alpha value is -3.46. The van der Waals surface area contributed by atoms with Crippen LogP contribution in [0, 0.1) is 5.41 Å². The number of hydrogen-bond donors (Lipinski definition) is 1. The number of alkyl halides is 2. The molecule has 1 aromatic rings. The molecule has 33 heavy (non-hydrogen) atoms. The van der Waals surface area contributed by atoms with E-state index < -0.39 is 29.9 Å². The maximum Gasteiger partial charge on any atom is 0.535 e.